The monoisotopic (exact) mass is 398 g/mol. The van der Waals surface area contributed by atoms with Crippen molar-refractivity contribution in [3.63, 3.8) is 0 Å². The molecule has 27 heavy (non-hydrogen) atoms. The molecule has 0 unspecified atom stereocenters. The number of aliphatic hydroxyl groups is 4. The van der Waals surface area contributed by atoms with Crippen LogP contribution in [0.15, 0.2) is 0 Å². The summed E-state index contributed by atoms with van der Waals surface area (Å²) in [5.41, 5.74) is -1.07. The lowest BCUT2D eigenvalue weighted by Gasteiger charge is -2.37. The van der Waals surface area contributed by atoms with Gasteiger partial charge in [0, 0.05) is 10.8 Å². The summed E-state index contributed by atoms with van der Waals surface area (Å²) < 4.78 is 28.0. The first-order valence-electron chi connectivity index (χ1n) is 9.22. The Labute approximate surface area is 162 Å². The molecule has 164 valence electrons. The Morgan fingerprint density at radius 3 is 1.04 bits per heavy atom. The Morgan fingerprint density at radius 1 is 0.556 bits per heavy atom. The first-order chi connectivity index (χ1) is 12.7. The molecule has 0 saturated carbocycles. The zero-order valence-electron chi connectivity index (χ0n) is 17.1. The molecule has 9 heteroatoms. The van der Waals surface area contributed by atoms with Crippen LogP contribution in [0.4, 0.5) is 0 Å². The Hall–Kier alpha value is -0.360. The van der Waals surface area contributed by atoms with Gasteiger partial charge in [0.2, 0.25) is 0 Å². The van der Waals surface area contributed by atoms with Crippen molar-refractivity contribution in [1.82, 2.24) is 0 Å². The molecule has 0 bridgehead atoms. The van der Waals surface area contributed by atoms with E-state index in [1.54, 1.807) is 0 Å². The van der Waals surface area contributed by atoms with E-state index in [1.165, 1.54) is 0 Å². The van der Waals surface area contributed by atoms with Crippen LogP contribution in [0.3, 0.4) is 0 Å². The van der Waals surface area contributed by atoms with Crippen LogP contribution in [0.5, 0.6) is 0 Å². The van der Waals surface area contributed by atoms with E-state index in [0.29, 0.717) is 13.2 Å². The van der Waals surface area contributed by atoms with Gasteiger partial charge in [-0.05, 0) is 0 Å². The second kappa shape index (κ2) is 14.6. The van der Waals surface area contributed by atoms with E-state index in [1.807, 2.05) is 27.7 Å². The van der Waals surface area contributed by atoms with E-state index in [2.05, 4.69) is 0 Å². The van der Waals surface area contributed by atoms with E-state index in [4.69, 9.17) is 44.1 Å². The molecule has 0 aromatic carbocycles. The second-order valence-corrected chi connectivity index (χ2v) is 7.51. The fourth-order valence-electron chi connectivity index (χ4n) is 2.35. The maximum absolute atomic E-state index is 8.97. The van der Waals surface area contributed by atoms with Gasteiger partial charge in [0.15, 0.2) is 12.6 Å². The summed E-state index contributed by atoms with van der Waals surface area (Å²) in [7, 11) is 0. The van der Waals surface area contributed by atoms with E-state index in [-0.39, 0.29) is 52.9 Å². The third-order valence-corrected chi connectivity index (χ3v) is 3.67. The van der Waals surface area contributed by atoms with E-state index >= 15 is 0 Å². The Kier molecular flexibility index (Phi) is 14.4. The molecule has 0 aromatic rings. The summed E-state index contributed by atoms with van der Waals surface area (Å²) >= 11 is 0. The van der Waals surface area contributed by atoms with Gasteiger partial charge in [0.25, 0.3) is 0 Å². The molecule has 0 spiro atoms. The van der Waals surface area contributed by atoms with Crippen LogP contribution in [0.25, 0.3) is 0 Å². The molecule has 0 aliphatic heterocycles. The Morgan fingerprint density at radius 2 is 0.815 bits per heavy atom. The highest BCUT2D eigenvalue weighted by Gasteiger charge is 2.35. The summed E-state index contributed by atoms with van der Waals surface area (Å²) in [6.07, 6.45) is -1.29. The van der Waals surface area contributed by atoms with E-state index < -0.39 is 23.4 Å². The van der Waals surface area contributed by atoms with Crippen molar-refractivity contribution >= 4 is 0 Å². The molecule has 0 saturated heterocycles. The molecule has 0 rings (SSSR count). The predicted molar refractivity (Wildman–Crippen MR) is 98.1 cm³/mol. The van der Waals surface area contributed by atoms with Crippen molar-refractivity contribution in [2.45, 2.75) is 40.3 Å². The van der Waals surface area contributed by atoms with Crippen LogP contribution in [0, 0.1) is 10.8 Å². The van der Waals surface area contributed by atoms with Crippen molar-refractivity contribution < 1.29 is 44.1 Å². The summed E-state index contributed by atoms with van der Waals surface area (Å²) in [4.78, 5) is 0. The van der Waals surface area contributed by atoms with Crippen LogP contribution in [-0.2, 0) is 23.7 Å². The van der Waals surface area contributed by atoms with Crippen molar-refractivity contribution in [2.24, 2.45) is 10.8 Å². The van der Waals surface area contributed by atoms with Gasteiger partial charge in [0.05, 0.1) is 66.1 Å². The topological polar surface area (TPSA) is 127 Å². The summed E-state index contributed by atoms with van der Waals surface area (Å²) in [6.45, 7) is 8.18. The highest BCUT2D eigenvalue weighted by molar-refractivity contribution is 4.76. The fraction of sp³-hybridized carbons (Fsp3) is 1.00. The lowest BCUT2D eigenvalue weighted by Crippen LogP contribution is -2.43. The van der Waals surface area contributed by atoms with Gasteiger partial charge in [-0.2, -0.15) is 0 Å². The second-order valence-electron chi connectivity index (χ2n) is 7.51. The zero-order chi connectivity index (χ0) is 20.8. The third kappa shape index (κ3) is 11.3. The average Bonchev–Trinajstić information content (AvgIpc) is 2.61. The van der Waals surface area contributed by atoms with Gasteiger partial charge in [-0.15, -0.1) is 0 Å². The highest BCUT2D eigenvalue weighted by atomic mass is 16.7. The summed E-state index contributed by atoms with van der Waals surface area (Å²) in [5.74, 6) is 0. The van der Waals surface area contributed by atoms with Crippen molar-refractivity contribution in [3.8, 4) is 0 Å². The number of ether oxygens (including phenoxy) is 5. The molecule has 0 heterocycles. The molecule has 0 aromatic heterocycles. The smallest absolute Gasteiger partial charge is 0.165 e. The highest BCUT2D eigenvalue weighted by Crippen LogP contribution is 2.29. The molecular formula is C18H38O9. The normalized spacial score (nSPS) is 13.1. The Bertz CT molecular complexity index is 302. The molecular weight excluding hydrogens is 360 g/mol. The van der Waals surface area contributed by atoms with Crippen LogP contribution in [0.1, 0.15) is 27.7 Å². The number of rotatable bonds is 18. The molecule has 0 fully saturated rings. The van der Waals surface area contributed by atoms with Crippen LogP contribution in [0.2, 0.25) is 0 Å². The minimum absolute atomic E-state index is 0.122. The Balaban J connectivity index is 4.72. The molecule has 0 aliphatic rings. The first-order valence-corrected chi connectivity index (χ1v) is 9.22. The van der Waals surface area contributed by atoms with E-state index in [9.17, 15) is 0 Å². The molecule has 0 radical (unpaired) electrons. The molecule has 9 nitrogen and oxygen atoms in total. The maximum Gasteiger partial charge on any atom is 0.165 e. The van der Waals surface area contributed by atoms with Gasteiger partial charge >= 0.3 is 0 Å². The van der Waals surface area contributed by atoms with Gasteiger partial charge in [0.1, 0.15) is 0 Å². The minimum Gasteiger partial charge on any atom is -0.394 e. The fourth-order valence-corrected chi connectivity index (χ4v) is 2.35. The summed E-state index contributed by atoms with van der Waals surface area (Å²) in [5, 5.41) is 35.9. The third-order valence-electron chi connectivity index (χ3n) is 3.67. The average molecular weight is 398 g/mol. The lowest BCUT2D eigenvalue weighted by molar-refractivity contribution is -0.234. The molecule has 0 atom stereocenters. The molecule has 0 aliphatic carbocycles. The summed E-state index contributed by atoms with van der Waals surface area (Å²) in [6, 6.07) is 0. The van der Waals surface area contributed by atoms with Gasteiger partial charge in [-0.25, -0.2) is 0 Å². The number of hydrogen-bond acceptors (Lipinski definition) is 9. The maximum atomic E-state index is 8.97. The predicted octanol–water partition coefficient (Wildman–Crippen LogP) is -0.257. The largest absolute Gasteiger partial charge is 0.394 e. The lowest BCUT2D eigenvalue weighted by atomic mass is 9.92. The van der Waals surface area contributed by atoms with Crippen molar-refractivity contribution in [2.75, 3.05) is 66.1 Å². The number of aliphatic hydroxyl groups excluding tert-OH is 4. The van der Waals surface area contributed by atoms with Crippen LogP contribution < -0.4 is 0 Å². The van der Waals surface area contributed by atoms with Gasteiger partial charge < -0.3 is 44.1 Å². The van der Waals surface area contributed by atoms with Gasteiger partial charge in [-0.1, -0.05) is 27.7 Å². The minimum atomic E-state index is -0.646. The van der Waals surface area contributed by atoms with E-state index in [0.717, 1.165) is 0 Å². The van der Waals surface area contributed by atoms with Crippen LogP contribution >= 0.6 is 0 Å². The molecule has 4 N–H and O–H groups in total. The number of hydrogen-bond donors (Lipinski definition) is 4. The van der Waals surface area contributed by atoms with Crippen molar-refractivity contribution in [3.05, 3.63) is 0 Å². The SMILES string of the molecule is CC(C)(COCC(C)(C)C(OCCO)OCCO)C(OCCO)OCCO. The van der Waals surface area contributed by atoms with Gasteiger partial charge in [-0.3, -0.25) is 0 Å². The standard InChI is InChI=1S/C18H38O9/c1-17(2,15(24-9-5-19)25-10-6-20)13-23-14-18(3,4)16(26-11-7-21)27-12-8-22/h15-16,19-22H,5-14H2,1-4H3. The first kappa shape index (κ1) is 26.6. The quantitative estimate of drug-likeness (QED) is 0.231. The molecule has 0 amide bonds. The van der Waals surface area contributed by atoms with Crippen LogP contribution in [-0.4, -0.2) is 99.1 Å². The zero-order valence-corrected chi connectivity index (χ0v) is 17.1. The van der Waals surface area contributed by atoms with Crippen molar-refractivity contribution in [1.29, 1.82) is 0 Å².